The largest absolute Gasteiger partial charge is 0.299 e. The number of Topliss-reactive ketones (excluding diaryl/α,β-unsaturated/α-hetero) is 2. The summed E-state index contributed by atoms with van der Waals surface area (Å²) in [5, 5.41) is 0. The maximum absolute atomic E-state index is 12.5. The Morgan fingerprint density at radius 2 is 1.82 bits per heavy atom. The smallest absolute Gasteiger partial charge is 0.176 e. The number of ketones is 2. The van der Waals surface area contributed by atoms with Crippen molar-refractivity contribution >= 4 is 11.6 Å². The lowest BCUT2D eigenvalue weighted by molar-refractivity contribution is -0.124. The zero-order valence-corrected chi connectivity index (χ0v) is 9.98. The molecule has 0 N–H and O–H groups in total. The molecule has 2 rings (SSSR count). The Hall–Kier alpha value is -1.70. The van der Waals surface area contributed by atoms with Gasteiger partial charge in [-0.3, -0.25) is 9.59 Å². The first-order chi connectivity index (χ1) is 8.17. The summed E-state index contributed by atoms with van der Waals surface area (Å²) >= 11 is 0. The summed E-state index contributed by atoms with van der Waals surface area (Å²) in [6, 6.07) is 9.11. The van der Waals surface area contributed by atoms with E-state index >= 15 is 0 Å². The van der Waals surface area contributed by atoms with Gasteiger partial charge in [-0.05, 0) is 26.2 Å². The molecule has 2 heteroatoms. The molecular weight excluding hydrogens is 212 g/mol. The van der Waals surface area contributed by atoms with Crippen molar-refractivity contribution in [1.82, 2.24) is 0 Å². The normalized spacial score (nSPS) is 23.4. The van der Waals surface area contributed by atoms with Gasteiger partial charge in [-0.15, -0.1) is 0 Å². The van der Waals surface area contributed by atoms with Crippen LogP contribution in [0.1, 0.15) is 36.5 Å². The minimum Gasteiger partial charge on any atom is -0.299 e. The van der Waals surface area contributed by atoms with Crippen LogP contribution < -0.4 is 0 Å². The maximum atomic E-state index is 12.5. The van der Waals surface area contributed by atoms with Crippen LogP contribution in [0.3, 0.4) is 0 Å². The monoisotopic (exact) mass is 228 g/mol. The molecule has 2 nitrogen and oxygen atoms in total. The lowest BCUT2D eigenvalue weighted by atomic mass is 9.69. The summed E-state index contributed by atoms with van der Waals surface area (Å²) in [6.07, 6.45) is 5.96. The van der Waals surface area contributed by atoms with Crippen molar-refractivity contribution in [3.8, 4) is 0 Å². The minimum atomic E-state index is -0.823. The third-order valence-corrected chi connectivity index (χ3v) is 3.52. The fourth-order valence-corrected chi connectivity index (χ4v) is 2.39. The first kappa shape index (κ1) is 11.8. The fourth-order valence-electron chi connectivity index (χ4n) is 2.39. The Morgan fingerprint density at radius 1 is 1.12 bits per heavy atom. The molecule has 17 heavy (non-hydrogen) atoms. The van der Waals surface area contributed by atoms with Gasteiger partial charge >= 0.3 is 0 Å². The van der Waals surface area contributed by atoms with E-state index in [1.807, 2.05) is 30.4 Å². The Bertz CT molecular complexity index is 459. The lowest BCUT2D eigenvalue weighted by Gasteiger charge is -2.30. The lowest BCUT2D eigenvalue weighted by Crippen LogP contribution is -2.38. The van der Waals surface area contributed by atoms with E-state index in [4.69, 9.17) is 0 Å². The first-order valence-electron chi connectivity index (χ1n) is 5.93. The summed E-state index contributed by atoms with van der Waals surface area (Å²) in [5.41, 5.74) is -0.186. The quantitative estimate of drug-likeness (QED) is 0.452. The number of hydrogen-bond donors (Lipinski definition) is 0. The van der Waals surface area contributed by atoms with Gasteiger partial charge < -0.3 is 0 Å². The van der Waals surface area contributed by atoms with E-state index in [1.54, 1.807) is 12.1 Å². The van der Waals surface area contributed by atoms with Crippen LogP contribution in [0, 0.1) is 5.41 Å². The summed E-state index contributed by atoms with van der Waals surface area (Å²) in [7, 11) is 0. The highest BCUT2D eigenvalue weighted by Crippen LogP contribution is 2.37. The molecule has 0 bridgehead atoms. The highest BCUT2D eigenvalue weighted by Gasteiger charge is 2.42. The van der Waals surface area contributed by atoms with E-state index in [9.17, 15) is 9.59 Å². The molecule has 1 aromatic rings. The maximum Gasteiger partial charge on any atom is 0.176 e. The molecular formula is C15H16O2. The van der Waals surface area contributed by atoms with E-state index in [1.165, 1.54) is 6.92 Å². The van der Waals surface area contributed by atoms with Gasteiger partial charge in [0.25, 0.3) is 0 Å². The van der Waals surface area contributed by atoms with Crippen LogP contribution in [0.25, 0.3) is 0 Å². The van der Waals surface area contributed by atoms with E-state index in [0.717, 1.165) is 6.42 Å². The average Bonchev–Trinajstić information content (AvgIpc) is 2.39. The molecule has 0 fully saturated rings. The fraction of sp³-hybridized carbons (Fsp3) is 0.333. The Balaban J connectivity index is 2.38. The number of carbonyl (C=O) groups excluding carboxylic acids is 2. The Labute approximate surface area is 101 Å². The summed E-state index contributed by atoms with van der Waals surface area (Å²) < 4.78 is 0. The second kappa shape index (κ2) is 4.66. The van der Waals surface area contributed by atoms with Crippen molar-refractivity contribution in [2.45, 2.75) is 26.2 Å². The van der Waals surface area contributed by atoms with Crippen molar-refractivity contribution in [3.63, 3.8) is 0 Å². The van der Waals surface area contributed by atoms with Gasteiger partial charge in [0.2, 0.25) is 0 Å². The van der Waals surface area contributed by atoms with Gasteiger partial charge in [0.15, 0.2) is 5.78 Å². The van der Waals surface area contributed by atoms with Crippen LogP contribution in [-0.4, -0.2) is 11.6 Å². The zero-order valence-electron chi connectivity index (χ0n) is 9.98. The molecule has 1 atom stereocenters. The summed E-state index contributed by atoms with van der Waals surface area (Å²) in [4.78, 5) is 24.4. The molecule has 0 amide bonds. The first-order valence-corrected chi connectivity index (χ1v) is 5.93. The van der Waals surface area contributed by atoms with Crippen molar-refractivity contribution in [1.29, 1.82) is 0 Å². The Morgan fingerprint density at radius 3 is 2.35 bits per heavy atom. The Kier molecular flexibility index (Phi) is 3.23. The van der Waals surface area contributed by atoms with Crippen LogP contribution >= 0.6 is 0 Å². The third-order valence-electron chi connectivity index (χ3n) is 3.52. The third kappa shape index (κ3) is 2.07. The van der Waals surface area contributed by atoms with E-state index < -0.39 is 5.41 Å². The molecule has 1 aliphatic rings. The molecule has 1 aliphatic carbocycles. The number of carbonyl (C=O) groups is 2. The number of allylic oxidation sites excluding steroid dienone is 2. The highest BCUT2D eigenvalue weighted by atomic mass is 16.2. The van der Waals surface area contributed by atoms with Crippen molar-refractivity contribution in [2.75, 3.05) is 0 Å². The van der Waals surface area contributed by atoms with Crippen molar-refractivity contribution < 1.29 is 9.59 Å². The van der Waals surface area contributed by atoms with Crippen molar-refractivity contribution in [2.24, 2.45) is 5.41 Å². The van der Waals surface area contributed by atoms with Crippen LogP contribution in [0.4, 0.5) is 0 Å². The zero-order chi connectivity index (χ0) is 12.3. The standard InChI is InChI=1S/C15H16O2/c1-12(16)15(10-6-3-7-11-15)14(17)13-8-4-2-5-9-13/h2-6,8-9H,7,10-11H2,1H3. The molecule has 0 radical (unpaired) electrons. The number of benzene rings is 1. The molecule has 1 unspecified atom stereocenters. The topological polar surface area (TPSA) is 34.1 Å². The SMILES string of the molecule is CC(=O)C1(C(=O)c2ccccc2)CC=CCC1. The minimum absolute atomic E-state index is 0.0179. The van der Waals surface area contributed by atoms with Gasteiger partial charge in [0.1, 0.15) is 5.78 Å². The van der Waals surface area contributed by atoms with Crippen LogP contribution in [0.5, 0.6) is 0 Å². The van der Waals surface area contributed by atoms with E-state index in [-0.39, 0.29) is 11.6 Å². The van der Waals surface area contributed by atoms with E-state index in [2.05, 4.69) is 0 Å². The molecule has 0 aromatic heterocycles. The van der Waals surface area contributed by atoms with Crippen LogP contribution in [0.2, 0.25) is 0 Å². The number of rotatable bonds is 3. The second-order valence-corrected chi connectivity index (χ2v) is 4.55. The van der Waals surface area contributed by atoms with Gasteiger partial charge in [-0.2, -0.15) is 0 Å². The molecule has 0 spiro atoms. The average molecular weight is 228 g/mol. The second-order valence-electron chi connectivity index (χ2n) is 4.55. The van der Waals surface area contributed by atoms with Gasteiger partial charge in [0, 0.05) is 5.56 Å². The van der Waals surface area contributed by atoms with Crippen molar-refractivity contribution in [3.05, 3.63) is 48.0 Å². The van der Waals surface area contributed by atoms with Gasteiger partial charge in [-0.1, -0.05) is 42.5 Å². The predicted octanol–water partition coefficient (Wildman–Crippen LogP) is 3.18. The molecule has 88 valence electrons. The molecule has 0 heterocycles. The molecule has 0 saturated heterocycles. The van der Waals surface area contributed by atoms with Gasteiger partial charge in [-0.25, -0.2) is 0 Å². The summed E-state index contributed by atoms with van der Waals surface area (Å²) in [6.45, 7) is 1.53. The van der Waals surface area contributed by atoms with Crippen LogP contribution in [-0.2, 0) is 4.79 Å². The predicted molar refractivity (Wildman–Crippen MR) is 66.9 cm³/mol. The molecule has 0 aliphatic heterocycles. The number of hydrogen-bond acceptors (Lipinski definition) is 2. The van der Waals surface area contributed by atoms with Crippen LogP contribution in [0.15, 0.2) is 42.5 Å². The molecule has 0 saturated carbocycles. The van der Waals surface area contributed by atoms with Gasteiger partial charge in [0.05, 0.1) is 5.41 Å². The van der Waals surface area contributed by atoms with E-state index in [0.29, 0.717) is 18.4 Å². The highest BCUT2D eigenvalue weighted by molar-refractivity contribution is 6.14. The summed E-state index contributed by atoms with van der Waals surface area (Å²) in [5.74, 6) is -0.0503. The molecule has 1 aromatic carbocycles.